The number of benzene rings is 2. The number of ether oxygens (including phenoxy) is 1. The summed E-state index contributed by atoms with van der Waals surface area (Å²) in [6, 6.07) is 10.2. The largest absolute Gasteiger partial charge is 0.484 e. The van der Waals surface area contributed by atoms with Crippen molar-refractivity contribution >= 4 is 21.4 Å². The zero-order chi connectivity index (χ0) is 17.0. The predicted octanol–water partition coefficient (Wildman–Crippen LogP) is 2.56. The van der Waals surface area contributed by atoms with E-state index in [2.05, 4.69) is 5.32 Å². The molecule has 1 amide bonds. The van der Waals surface area contributed by atoms with Crippen LogP contribution in [0.2, 0.25) is 0 Å². The summed E-state index contributed by atoms with van der Waals surface area (Å²) in [6.07, 6.45) is 1.08. The molecule has 0 fully saturated rings. The fraction of sp³-hybridized carbons (Fsp3) is 0.188. The molecule has 0 unspecified atom stereocenters. The van der Waals surface area contributed by atoms with Crippen LogP contribution in [-0.4, -0.2) is 27.2 Å². The molecule has 23 heavy (non-hydrogen) atoms. The number of halogens is 1. The lowest BCUT2D eigenvalue weighted by atomic mass is 10.2. The van der Waals surface area contributed by atoms with Gasteiger partial charge in [-0.25, -0.2) is 12.8 Å². The summed E-state index contributed by atoms with van der Waals surface area (Å²) in [5, 5.41) is 2.41. The molecular weight excluding hydrogens is 321 g/mol. The molecule has 0 saturated carbocycles. The highest BCUT2D eigenvalue weighted by atomic mass is 32.2. The Bertz CT molecular complexity index is 834. The van der Waals surface area contributed by atoms with Crippen molar-refractivity contribution in [1.82, 2.24) is 0 Å². The van der Waals surface area contributed by atoms with Gasteiger partial charge in [-0.2, -0.15) is 0 Å². The third kappa shape index (κ3) is 4.79. The quantitative estimate of drug-likeness (QED) is 0.910. The van der Waals surface area contributed by atoms with E-state index in [-0.39, 0.29) is 22.9 Å². The Balaban J connectivity index is 2.01. The summed E-state index contributed by atoms with van der Waals surface area (Å²) in [5.74, 6) is -0.838. The molecule has 0 aliphatic carbocycles. The summed E-state index contributed by atoms with van der Waals surface area (Å²) in [6.45, 7) is 1.42. The van der Waals surface area contributed by atoms with Crippen LogP contribution in [0.1, 0.15) is 5.56 Å². The number of nitrogens with one attached hydrogen (secondary N) is 1. The number of carbonyl (C=O) groups excluding carboxylic acids is 1. The summed E-state index contributed by atoms with van der Waals surface area (Å²) in [4.78, 5) is 11.9. The van der Waals surface area contributed by atoms with E-state index >= 15 is 0 Å². The first-order valence-corrected chi connectivity index (χ1v) is 8.64. The molecule has 0 aliphatic rings. The molecule has 0 spiro atoms. The van der Waals surface area contributed by atoms with Gasteiger partial charge in [0.2, 0.25) is 0 Å². The number of hydrogen-bond acceptors (Lipinski definition) is 4. The van der Waals surface area contributed by atoms with Crippen LogP contribution in [0, 0.1) is 12.7 Å². The van der Waals surface area contributed by atoms with Gasteiger partial charge in [0.15, 0.2) is 16.4 Å². The number of carbonyl (C=O) groups is 1. The van der Waals surface area contributed by atoms with Crippen molar-refractivity contribution in [1.29, 1.82) is 0 Å². The Hall–Kier alpha value is -2.41. The summed E-state index contributed by atoms with van der Waals surface area (Å²) in [7, 11) is -3.35. The SMILES string of the molecule is Cc1ccc(F)c(NC(=O)COc2cccc(S(C)(=O)=O)c2)c1. The molecule has 0 atom stereocenters. The molecule has 0 radical (unpaired) electrons. The molecule has 5 nitrogen and oxygen atoms in total. The average molecular weight is 337 g/mol. The zero-order valence-electron chi connectivity index (χ0n) is 12.7. The molecule has 0 aromatic heterocycles. The highest BCUT2D eigenvalue weighted by Gasteiger charge is 2.10. The standard InChI is InChI=1S/C16H16FNO4S/c1-11-6-7-14(17)15(8-11)18-16(19)10-22-12-4-3-5-13(9-12)23(2,20)21/h3-9H,10H2,1-2H3,(H,18,19). The first-order valence-electron chi connectivity index (χ1n) is 6.74. The van der Waals surface area contributed by atoms with Gasteiger partial charge in [-0.05, 0) is 42.8 Å². The lowest BCUT2D eigenvalue weighted by molar-refractivity contribution is -0.118. The smallest absolute Gasteiger partial charge is 0.262 e. The Morgan fingerprint density at radius 1 is 1.22 bits per heavy atom. The van der Waals surface area contributed by atoms with Gasteiger partial charge >= 0.3 is 0 Å². The minimum absolute atomic E-state index is 0.0727. The van der Waals surface area contributed by atoms with Gasteiger partial charge in [-0.1, -0.05) is 12.1 Å². The monoisotopic (exact) mass is 337 g/mol. The molecule has 1 N–H and O–H groups in total. The molecule has 0 aliphatic heterocycles. The second-order valence-corrected chi connectivity index (χ2v) is 7.08. The minimum Gasteiger partial charge on any atom is -0.484 e. The van der Waals surface area contributed by atoms with E-state index in [0.29, 0.717) is 0 Å². The first kappa shape index (κ1) is 17.0. The van der Waals surface area contributed by atoms with E-state index in [4.69, 9.17) is 4.74 Å². The molecule has 7 heteroatoms. The molecule has 0 saturated heterocycles. The van der Waals surface area contributed by atoms with Crippen LogP contribution in [0.15, 0.2) is 47.4 Å². The van der Waals surface area contributed by atoms with Gasteiger partial charge in [0, 0.05) is 6.26 Å². The van der Waals surface area contributed by atoms with Gasteiger partial charge in [0.1, 0.15) is 11.6 Å². The lowest BCUT2D eigenvalue weighted by Gasteiger charge is -2.09. The van der Waals surface area contributed by atoms with Crippen molar-refractivity contribution in [2.75, 3.05) is 18.2 Å². The third-order valence-electron chi connectivity index (χ3n) is 3.00. The Morgan fingerprint density at radius 2 is 1.96 bits per heavy atom. The van der Waals surface area contributed by atoms with Crippen molar-refractivity contribution in [3.63, 3.8) is 0 Å². The molecule has 2 aromatic carbocycles. The fourth-order valence-electron chi connectivity index (χ4n) is 1.86. The van der Waals surface area contributed by atoms with Crippen LogP contribution in [0.4, 0.5) is 10.1 Å². The molecular formula is C16H16FNO4S. The summed E-state index contributed by atoms with van der Waals surface area (Å²) in [5.41, 5.74) is 0.881. The van der Waals surface area contributed by atoms with Gasteiger partial charge in [-0.3, -0.25) is 4.79 Å². The highest BCUT2D eigenvalue weighted by molar-refractivity contribution is 7.90. The number of amides is 1. The minimum atomic E-state index is -3.35. The lowest BCUT2D eigenvalue weighted by Crippen LogP contribution is -2.21. The summed E-state index contributed by atoms with van der Waals surface area (Å²) < 4.78 is 41.7. The zero-order valence-corrected chi connectivity index (χ0v) is 13.5. The highest BCUT2D eigenvalue weighted by Crippen LogP contribution is 2.18. The van der Waals surface area contributed by atoms with Crippen LogP contribution < -0.4 is 10.1 Å². The van der Waals surface area contributed by atoms with Gasteiger partial charge in [-0.15, -0.1) is 0 Å². The van der Waals surface area contributed by atoms with Gasteiger partial charge in [0.05, 0.1) is 10.6 Å². The second-order valence-electron chi connectivity index (χ2n) is 5.07. The van der Waals surface area contributed by atoms with Crippen LogP contribution in [0.3, 0.4) is 0 Å². The molecule has 2 aromatic rings. The number of rotatable bonds is 5. The third-order valence-corrected chi connectivity index (χ3v) is 4.11. The maximum atomic E-state index is 13.6. The van der Waals surface area contributed by atoms with E-state index in [1.165, 1.54) is 36.4 Å². The van der Waals surface area contributed by atoms with Crippen LogP contribution in [0.5, 0.6) is 5.75 Å². The topological polar surface area (TPSA) is 72.5 Å². The fourth-order valence-corrected chi connectivity index (χ4v) is 2.52. The van der Waals surface area contributed by atoms with Crippen molar-refractivity contribution in [2.45, 2.75) is 11.8 Å². The Kier molecular flexibility index (Phi) is 5.00. The molecule has 0 bridgehead atoms. The predicted molar refractivity (Wildman–Crippen MR) is 84.8 cm³/mol. The first-order chi connectivity index (χ1) is 10.8. The van der Waals surface area contributed by atoms with E-state index in [0.717, 1.165) is 11.8 Å². The second kappa shape index (κ2) is 6.78. The van der Waals surface area contributed by atoms with Gasteiger partial charge in [0.25, 0.3) is 5.91 Å². The van der Waals surface area contributed by atoms with E-state index in [1.54, 1.807) is 13.0 Å². The van der Waals surface area contributed by atoms with Crippen LogP contribution >= 0.6 is 0 Å². The maximum absolute atomic E-state index is 13.6. The van der Waals surface area contributed by atoms with Crippen LogP contribution in [-0.2, 0) is 14.6 Å². The van der Waals surface area contributed by atoms with Gasteiger partial charge < -0.3 is 10.1 Å². The van der Waals surface area contributed by atoms with E-state index in [1.807, 2.05) is 0 Å². The average Bonchev–Trinajstić information content (AvgIpc) is 2.48. The Morgan fingerprint density at radius 3 is 2.65 bits per heavy atom. The van der Waals surface area contributed by atoms with E-state index in [9.17, 15) is 17.6 Å². The molecule has 2 rings (SSSR count). The number of sulfone groups is 1. The summed E-state index contributed by atoms with van der Waals surface area (Å²) >= 11 is 0. The number of aryl methyl sites for hydroxylation is 1. The molecule has 0 heterocycles. The maximum Gasteiger partial charge on any atom is 0.262 e. The number of anilines is 1. The number of hydrogen-bond donors (Lipinski definition) is 1. The normalized spacial score (nSPS) is 11.1. The van der Waals surface area contributed by atoms with Crippen LogP contribution in [0.25, 0.3) is 0 Å². The van der Waals surface area contributed by atoms with Crippen molar-refractivity contribution in [3.05, 3.63) is 53.8 Å². The van der Waals surface area contributed by atoms with Crippen molar-refractivity contribution in [2.24, 2.45) is 0 Å². The van der Waals surface area contributed by atoms with E-state index < -0.39 is 21.6 Å². The Labute approximate surface area is 134 Å². The van der Waals surface area contributed by atoms with Crippen molar-refractivity contribution < 1.29 is 22.3 Å². The van der Waals surface area contributed by atoms with Crippen molar-refractivity contribution in [3.8, 4) is 5.75 Å². The molecule has 122 valence electrons.